The van der Waals surface area contributed by atoms with E-state index in [0.29, 0.717) is 5.52 Å². The number of rotatable bonds is 0. The SMILES string of the molecule is FC(F)(F)c1ccc2ncc(Cl)nc2c1. The van der Waals surface area contributed by atoms with Gasteiger partial charge in [0.2, 0.25) is 0 Å². The number of nitrogens with zero attached hydrogens (tertiary/aromatic N) is 2. The second kappa shape index (κ2) is 3.34. The molecule has 2 nitrogen and oxygen atoms in total. The largest absolute Gasteiger partial charge is 0.416 e. The number of alkyl halides is 3. The minimum absolute atomic E-state index is 0.0711. The summed E-state index contributed by atoms with van der Waals surface area (Å²) in [5.74, 6) is 0. The van der Waals surface area contributed by atoms with Crippen molar-refractivity contribution in [1.29, 1.82) is 0 Å². The van der Waals surface area contributed by atoms with Gasteiger partial charge in [-0.2, -0.15) is 13.2 Å². The van der Waals surface area contributed by atoms with E-state index in [0.717, 1.165) is 12.1 Å². The van der Waals surface area contributed by atoms with Crippen LogP contribution in [-0.2, 0) is 6.18 Å². The van der Waals surface area contributed by atoms with E-state index >= 15 is 0 Å². The molecule has 0 aliphatic heterocycles. The number of benzene rings is 1. The molecule has 0 aliphatic carbocycles. The molecule has 0 spiro atoms. The van der Waals surface area contributed by atoms with Crippen molar-refractivity contribution in [2.75, 3.05) is 0 Å². The van der Waals surface area contributed by atoms with Crippen molar-refractivity contribution in [3.05, 3.63) is 35.1 Å². The molecule has 0 unspecified atom stereocenters. The molecule has 1 aromatic carbocycles. The van der Waals surface area contributed by atoms with Crippen molar-refractivity contribution >= 4 is 22.6 Å². The number of hydrogen-bond acceptors (Lipinski definition) is 2. The third-order valence-electron chi connectivity index (χ3n) is 1.84. The molecule has 2 rings (SSSR count). The Labute approximate surface area is 87.7 Å². The fourth-order valence-electron chi connectivity index (χ4n) is 1.17. The lowest BCUT2D eigenvalue weighted by atomic mass is 10.2. The molecule has 0 bridgehead atoms. The van der Waals surface area contributed by atoms with Gasteiger partial charge in [-0.15, -0.1) is 0 Å². The van der Waals surface area contributed by atoms with Crippen LogP contribution in [0, 0.1) is 0 Å². The highest BCUT2D eigenvalue weighted by Crippen LogP contribution is 2.30. The Hall–Kier alpha value is -1.36. The van der Waals surface area contributed by atoms with Crippen LogP contribution in [-0.4, -0.2) is 9.97 Å². The van der Waals surface area contributed by atoms with Crippen molar-refractivity contribution < 1.29 is 13.2 Å². The molecule has 78 valence electrons. The highest BCUT2D eigenvalue weighted by atomic mass is 35.5. The Morgan fingerprint density at radius 3 is 2.53 bits per heavy atom. The Morgan fingerprint density at radius 2 is 1.87 bits per heavy atom. The molecule has 0 saturated heterocycles. The van der Waals surface area contributed by atoms with Crippen LogP contribution >= 0.6 is 11.6 Å². The topological polar surface area (TPSA) is 25.8 Å². The molecule has 1 heterocycles. The van der Waals surface area contributed by atoms with Gasteiger partial charge in [0.05, 0.1) is 22.8 Å². The molecule has 0 radical (unpaired) electrons. The summed E-state index contributed by atoms with van der Waals surface area (Å²) < 4.78 is 37.0. The van der Waals surface area contributed by atoms with Crippen LogP contribution in [0.25, 0.3) is 11.0 Å². The number of hydrogen-bond donors (Lipinski definition) is 0. The predicted octanol–water partition coefficient (Wildman–Crippen LogP) is 3.30. The molecule has 0 atom stereocenters. The molecule has 6 heteroatoms. The first-order chi connectivity index (χ1) is 6.97. The predicted molar refractivity (Wildman–Crippen MR) is 49.6 cm³/mol. The molecule has 15 heavy (non-hydrogen) atoms. The van der Waals surface area contributed by atoms with Crippen LogP contribution in [0.4, 0.5) is 13.2 Å². The van der Waals surface area contributed by atoms with Gasteiger partial charge in [-0.3, -0.25) is 4.98 Å². The first kappa shape index (κ1) is 10.2. The van der Waals surface area contributed by atoms with Crippen molar-refractivity contribution in [3.63, 3.8) is 0 Å². The Bertz CT molecular complexity index is 510. The number of halogens is 4. The molecule has 2 aromatic rings. The summed E-state index contributed by atoms with van der Waals surface area (Å²) in [5.41, 5.74) is -0.240. The monoisotopic (exact) mass is 232 g/mol. The van der Waals surface area contributed by atoms with Gasteiger partial charge in [-0.05, 0) is 18.2 Å². The van der Waals surface area contributed by atoms with Crippen LogP contribution < -0.4 is 0 Å². The van der Waals surface area contributed by atoms with E-state index in [2.05, 4.69) is 9.97 Å². The summed E-state index contributed by atoms with van der Waals surface area (Å²) in [4.78, 5) is 7.59. The van der Waals surface area contributed by atoms with E-state index < -0.39 is 11.7 Å². The maximum absolute atomic E-state index is 12.3. The zero-order chi connectivity index (χ0) is 11.1. The lowest BCUT2D eigenvalue weighted by Crippen LogP contribution is -2.04. The zero-order valence-corrected chi connectivity index (χ0v) is 7.97. The van der Waals surface area contributed by atoms with Gasteiger partial charge in [-0.25, -0.2) is 4.98 Å². The first-order valence-electron chi connectivity index (χ1n) is 3.96. The number of aromatic nitrogens is 2. The average molecular weight is 233 g/mol. The maximum atomic E-state index is 12.3. The van der Waals surface area contributed by atoms with Crippen LogP contribution in [0.15, 0.2) is 24.4 Å². The average Bonchev–Trinajstić information content (AvgIpc) is 2.15. The highest BCUT2D eigenvalue weighted by Gasteiger charge is 2.30. The second-order valence-corrected chi connectivity index (χ2v) is 3.28. The fraction of sp³-hybridized carbons (Fsp3) is 0.111. The Balaban J connectivity index is 2.64. The first-order valence-corrected chi connectivity index (χ1v) is 4.34. The molecule has 0 N–H and O–H groups in total. The molecule has 0 fully saturated rings. The van der Waals surface area contributed by atoms with Gasteiger partial charge in [0.25, 0.3) is 0 Å². The molecular formula is C9H4ClF3N2. The second-order valence-electron chi connectivity index (χ2n) is 2.89. The van der Waals surface area contributed by atoms with Gasteiger partial charge < -0.3 is 0 Å². The smallest absolute Gasteiger partial charge is 0.251 e. The van der Waals surface area contributed by atoms with Gasteiger partial charge >= 0.3 is 6.18 Å². The van der Waals surface area contributed by atoms with Crippen molar-refractivity contribution in [1.82, 2.24) is 9.97 Å². The van der Waals surface area contributed by atoms with Gasteiger partial charge in [0.15, 0.2) is 0 Å². The maximum Gasteiger partial charge on any atom is 0.416 e. The summed E-state index contributed by atoms with van der Waals surface area (Å²) in [6.45, 7) is 0. The molecule has 0 aliphatic rings. The van der Waals surface area contributed by atoms with Crippen LogP contribution in [0.3, 0.4) is 0 Å². The van der Waals surface area contributed by atoms with E-state index in [1.54, 1.807) is 0 Å². The minimum atomic E-state index is -4.38. The Kier molecular flexibility index (Phi) is 2.26. The van der Waals surface area contributed by atoms with E-state index in [-0.39, 0.29) is 10.7 Å². The van der Waals surface area contributed by atoms with Crippen molar-refractivity contribution in [2.24, 2.45) is 0 Å². The third-order valence-corrected chi connectivity index (χ3v) is 2.02. The summed E-state index contributed by atoms with van der Waals surface area (Å²) in [5, 5.41) is 0.0711. The van der Waals surface area contributed by atoms with Crippen LogP contribution in [0.5, 0.6) is 0 Å². The lowest BCUT2D eigenvalue weighted by Gasteiger charge is -2.06. The molecule has 1 aromatic heterocycles. The number of fused-ring (bicyclic) bond motifs is 1. The van der Waals surface area contributed by atoms with E-state index in [4.69, 9.17) is 11.6 Å². The van der Waals surface area contributed by atoms with Crippen molar-refractivity contribution in [2.45, 2.75) is 6.18 Å². The summed E-state index contributed by atoms with van der Waals surface area (Å²) >= 11 is 5.53. The van der Waals surface area contributed by atoms with E-state index in [9.17, 15) is 13.2 Å². The van der Waals surface area contributed by atoms with E-state index in [1.165, 1.54) is 12.3 Å². The van der Waals surface area contributed by atoms with Crippen LogP contribution in [0.1, 0.15) is 5.56 Å². The van der Waals surface area contributed by atoms with Crippen molar-refractivity contribution in [3.8, 4) is 0 Å². The van der Waals surface area contributed by atoms with E-state index in [1.807, 2.05) is 0 Å². The molecule has 0 saturated carbocycles. The summed E-state index contributed by atoms with van der Waals surface area (Å²) in [6, 6.07) is 3.15. The van der Waals surface area contributed by atoms with Crippen LogP contribution in [0.2, 0.25) is 5.15 Å². The molecular weight excluding hydrogens is 229 g/mol. The normalized spacial score (nSPS) is 12.0. The van der Waals surface area contributed by atoms with Gasteiger partial charge in [0, 0.05) is 0 Å². The quantitative estimate of drug-likeness (QED) is 0.696. The molecule has 0 amide bonds. The Morgan fingerprint density at radius 1 is 1.13 bits per heavy atom. The lowest BCUT2D eigenvalue weighted by molar-refractivity contribution is -0.137. The highest BCUT2D eigenvalue weighted by molar-refractivity contribution is 6.29. The summed E-state index contributed by atoms with van der Waals surface area (Å²) in [7, 11) is 0. The summed E-state index contributed by atoms with van der Waals surface area (Å²) in [6.07, 6.45) is -3.09. The third kappa shape index (κ3) is 2.02. The van der Waals surface area contributed by atoms with Gasteiger partial charge in [-0.1, -0.05) is 11.6 Å². The fourth-order valence-corrected chi connectivity index (χ4v) is 1.31. The minimum Gasteiger partial charge on any atom is -0.251 e. The standard InChI is InChI=1S/C9H4ClF3N2/c10-8-4-14-6-2-1-5(9(11,12)13)3-7(6)15-8/h1-4H. The zero-order valence-electron chi connectivity index (χ0n) is 7.22. The van der Waals surface area contributed by atoms with Gasteiger partial charge in [0.1, 0.15) is 5.15 Å².